The Balaban J connectivity index is 1.69. The molecule has 5 heteroatoms. The number of morpholine rings is 1. The highest BCUT2D eigenvalue weighted by Crippen LogP contribution is 2.21. The number of hydrogen-bond donors (Lipinski definition) is 2. The standard InChI is InChI=1S/C22H31N3O2/c1-3-17-6-4-5-9-25(17)15-20-16(2)23-21-8-7-18(14-19(21)22(20)26)24-10-12-27-13-11-24/h7-8,14,17H,3-6,9-13,15H2,1-2H3,(H,23,26)/p+1/t17-/m1/s1. The topological polar surface area (TPSA) is 49.8 Å². The Bertz CT molecular complexity index is 854. The van der Waals surface area contributed by atoms with E-state index in [0.29, 0.717) is 6.04 Å². The Morgan fingerprint density at radius 1 is 1.26 bits per heavy atom. The zero-order valence-electron chi connectivity index (χ0n) is 16.6. The summed E-state index contributed by atoms with van der Waals surface area (Å²) < 4.78 is 5.46. The van der Waals surface area contributed by atoms with Gasteiger partial charge in [0.25, 0.3) is 0 Å². The van der Waals surface area contributed by atoms with Gasteiger partial charge in [-0.05, 0) is 50.8 Å². The van der Waals surface area contributed by atoms with Crippen LogP contribution in [0.4, 0.5) is 5.69 Å². The number of hydrogen-bond acceptors (Lipinski definition) is 3. The number of piperidine rings is 1. The second-order valence-electron chi connectivity index (χ2n) is 8.07. The first-order valence-corrected chi connectivity index (χ1v) is 10.5. The molecule has 5 nitrogen and oxygen atoms in total. The molecule has 0 radical (unpaired) electrons. The number of H-pyrrole nitrogens is 1. The highest BCUT2D eigenvalue weighted by atomic mass is 16.5. The van der Waals surface area contributed by atoms with Gasteiger partial charge in [-0.1, -0.05) is 6.92 Å². The molecule has 1 aromatic heterocycles. The largest absolute Gasteiger partial charge is 0.378 e. The Kier molecular flexibility index (Phi) is 5.50. The molecule has 2 atom stereocenters. The van der Waals surface area contributed by atoms with E-state index < -0.39 is 0 Å². The third kappa shape index (κ3) is 3.76. The maximum atomic E-state index is 13.4. The molecule has 0 amide bonds. The second-order valence-corrected chi connectivity index (χ2v) is 8.07. The highest BCUT2D eigenvalue weighted by molar-refractivity contribution is 5.83. The summed E-state index contributed by atoms with van der Waals surface area (Å²) in [6.45, 7) is 9.64. The lowest BCUT2D eigenvalue weighted by Gasteiger charge is -2.32. The molecule has 146 valence electrons. The zero-order chi connectivity index (χ0) is 18.8. The average molecular weight is 371 g/mol. The molecular weight excluding hydrogens is 338 g/mol. The molecule has 0 spiro atoms. The van der Waals surface area contributed by atoms with Gasteiger partial charge in [-0.15, -0.1) is 0 Å². The molecule has 4 rings (SSSR count). The van der Waals surface area contributed by atoms with E-state index in [1.54, 1.807) is 4.90 Å². The molecule has 2 aliphatic heterocycles. The van der Waals surface area contributed by atoms with E-state index in [0.717, 1.165) is 60.7 Å². The van der Waals surface area contributed by atoms with Crippen LogP contribution in [0, 0.1) is 6.92 Å². The number of ether oxygens (including phenoxy) is 1. The van der Waals surface area contributed by atoms with Crippen molar-refractivity contribution >= 4 is 16.6 Å². The molecule has 27 heavy (non-hydrogen) atoms. The monoisotopic (exact) mass is 370 g/mol. The van der Waals surface area contributed by atoms with E-state index in [1.807, 2.05) is 0 Å². The molecule has 2 fully saturated rings. The number of aromatic amines is 1. The fourth-order valence-corrected chi connectivity index (χ4v) is 4.77. The molecule has 0 aliphatic carbocycles. The number of fused-ring (bicyclic) bond motifs is 1. The van der Waals surface area contributed by atoms with Gasteiger partial charge in [0.15, 0.2) is 5.43 Å². The molecule has 2 N–H and O–H groups in total. The van der Waals surface area contributed by atoms with E-state index in [4.69, 9.17) is 4.74 Å². The number of nitrogens with zero attached hydrogens (tertiary/aromatic N) is 1. The van der Waals surface area contributed by atoms with Crippen molar-refractivity contribution in [2.24, 2.45) is 0 Å². The smallest absolute Gasteiger partial charge is 0.198 e. The van der Waals surface area contributed by atoms with Crippen LogP contribution in [-0.4, -0.2) is 43.9 Å². The summed E-state index contributed by atoms with van der Waals surface area (Å²) >= 11 is 0. The number of benzene rings is 1. The fraction of sp³-hybridized carbons (Fsp3) is 0.591. The van der Waals surface area contributed by atoms with Gasteiger partial charge in [-0.2, -0.15) is 0 Å². The van der Waals surface area contributed by atoms with Crippen molar-refractivity contribution in [1.82, 2.24) is 4.98 Å². The summed E-state index contributed by atoms with van der Waals surface area (Å²) in [5, 5.41) is 0.823. The molecule has 3 heterocycles. The normalized spacial score (nSPS) is 23.7. The van der Waals surface area contributed by atoms with E-state index in [1.165, 1.54) is 32.2 Å². The quantitative estimate of drug-likeness (QED) is 0.866. The van der Waals surface area contributed by atoms with E-state index >= 15 is 0 Å². The number of aryl methyl sites for hydroxylation is 1. The molecule has 2 aliphatic rings. The summed E-state index contributed by atoms with van der Waals surface area (Å²) in [7, 11) is 0. The second kappa shape index (κ2) is 8.03. The van der Waals surface area contributed by atoms with Crippen LogP contribution < -0.4 is 15.2 Å². The predicted molar refractivity (Wildman–Crippen MR) is 110 cm³/mol. The maximum absolute atomic E-state index is 13.4. The first-order chi connectivity index (χ1) is 13.2. The summed E-state index contributed by atoms with van der Waals surface area (Å²) in [5.74, 6) is 0. The number of anilines is 1. The van der Waals surface area contributed by atoms with Crippen molar-refractivity contribution in [3.8, 4) is 0 Å². The lowest BCUT2D eigenvalue weighted by molar-refractivity contribution is -0.944. The molecule has 2 saturated heterocycles. The van der Waals surface area contributed by atoms with Gasteiger partial charge < -0.3 is 19.5 Å². The van der Waals surface area contributed by atoms with Gasteiger partial charge in [0.2, 0.25) is 0 Å². The van der Waals surface area contributed by atoms with Crippen LogP contribution in [-0.2, 0) is 11.3 Å². The Hall–Kier alpha value is -1.85. The van der Waals surface area contributed by atoms with Crippen molar-refractivity contribution in [2.45, 2.75) is 52.1 Å². The molecule has 0 bridgehead atoms. The van der Waals surface area contributed by atoms with Crippen molar-refractivity contribution in [3.63, 3.8) is 0 Å². The highest BCUT2D eigenvalue weighted by Gasteiger charge is 2.26. The molecular formula is C22H32N3O2+. The van der Waals surface area contributed by atoms with Gasteiger partial charge in [0.05, 0.1) is 31.4 Å². The fourth-order valence-electron chi connectivity index (χ4n) is 4.77. The van der Waals surface area contributed by atoms with Crippen molar-refractivity contribution < 1.29 is 9.64 Å². The minimum atomic E-state index is 0.212. The van der Waals surface area contributed by atoms with Crippen LogP contribution in [0.2, 0.25) is 0 Å². The lowest BCUT2D eigenvalue weighted by atomic mass is 9.98. The van der Waals surface area contributed by atoms with Crippen LogP contribution in [0.1, 0.15) is 43.9 Å². The Labute approximate surface area is 161 Å². The van der Waals surface area contributed by atoms with E-state index in [9.17, 15) is 4.79 Å². The van der Waals surface area contributed by atoms with Crippen LogP contribution in [0.15, 0.2) is 23.0 Å². The van der Waals surface area contributed by atoms with E-state index in [-0.39, 0.29) is 5.43 Å². The maximum Gasteiger partial charge on any atom is 0.198 e. The number of quaternary nitrogens is 1. The average Bonchev–Trinajstić information content (AvgIpc) is 2.72. The van der Waals surface area contributed by atoms with Gasteiger partial charge in [-0.25, -0.2) is 0 Å². The van der Waals surface area contributed by atoms with Crippen LogP contribution >= 0.6 is 0 Å². The Morgan fingerprint density at radius 2 is 2.07 bits per heavy atom. The van der Waals surface area contributed by atoms with E-state index in [2.05, 4.69) is 41.9 Å². The van der Waals surface area contributed by atoms with Gasteiger partial charge in [-0.3, -0.25) is 4.79 Å². The van der Waals surface area contributed by atoms with Gasteiger partial charge in [0, 0.05) is 35.4 Å². The summed E-state index contributed by atoms with van der Waals surface area (Å²) in [6.07, 6.45) is 5.09. The summed E-state index contributed by atoms with van der Waals surface area (Å²) in [6, 6.07) is 6.94. The molecule has 0 saturated carbocycles. The summed E-state index contributed by atoms with van der Waals surface area (Å²) in [4.78, 5) is 20.8. The number of likely N-dealkylation sites (tertiary alicyclic amines) is 1. The minimum absolute atomic E-state index is 0.212. The van der Waals surface area contributed by atoms with Crippen molar-refractivity contribution in [3.05, 3.63) is 39.7 Å². The predicted octanol–water partition coefficient (Wildman–Crippen LogP) is 2.02. The molecule has 1 unspecified atom stereocenters. The van der Waals surface area contributed by atoms with Crippen molar-refractivity contribution in [1.29, 1.82) is 0 Å². The van der Waals surface area contributed by atoms with Crippen molar-refractivity contribution in [2.75, 3.05) is 37.7 Å². The zero-order valence-corrected chi connectivity index (χ0v) is 16.6. The Morgan fingerprint density at radius 3 is 2.85 bits per heavy atom. The molecule has 1 aromatic carbocycles. The number of aromatic nitrogens is 1. The van der Waals surface area contributed by atoms with Crippen LogP contribution in [0.25, 0.3) is 10.9 Å². The number of nitrogens with one attached hydrogen (secondary N) is 2. The minimum Gasteiger partial charge on any atom is -0.378 e. The van der Waals surface area contributed by atoms with Crippen LogP contribution in [0.3, 0.4) is 0 Å². The van der Waals surface area contributed by atoms with Gasteiger partial charge >= 0.3 is 0 Å². The van der Waals surface area contributed by atoms with Crippen LogP contribution in [0.5, 0.6) is 0 Å². The molecule has 2 aromatic rings. The lowest BCUT2D eigenvalue weighted by Crippen LogP contribution is -3.15. The first-order valence-electron chi connectivity index (χ1n) is 10.5. The third-order valence-electron chi connectivity index (χ3n) is 6.45. The first kappa shape index (κ1) is 18.5. The third-order valence-corrected chi connectivity index (χ3v) is 6.45. The summed E-state index contributed by atoms with van der Waals surface area (Å²) in [5.41, 5.74) is 4.28. The number of rotatable bonds is 4. The van der Waals surface area contributed by atoms with Gasteiger partial charge in [0.1, 0.15) is 6.54 Å². The SMILES string of the molecule is CC[C@@H]1CCCC[NH+]1Cc1c(C)[nH]c2ccc(N3CCOCC3)cc2c1=O. The number of pyridine rings is 1.